The molecule has 0 fully saturated rings. The second-order valence-electron chi connectivity index (χ2n) is 11.9. The molecule has 0 aliphatic rings. The van der Waals surface area contributed by atoms with Crippen LogP contribution < -0.4 is 5.32 Å². The smallest absolute Gasteiger partial charge is 0.220 e. The van der Waals surface area contributed by atoms with E-state index in [4.69, 9.17) is 0 Å². The summed E-state index contributed by atoms with van der Waals surface area (Å²) >= 11 is 0. The van der Waals surface area contributed by atoms with E-state index in [0.717, 1.165) is 32.1 Å². The fraction of sp³-hybridized carbons (Fsp3) is 0.914. The molecule has 0 radical (unpaired) electrons. The topological polar surface area (TPSA) is 69.6 Å². The molecule has 0 saturated heterocycles. The lowest BCUT2D eigenvalue weighted by atomic mass is 10.0. The van der Waals surface area contributed by atoms with Crippen molar-refractivity contribution in [3.8, 4) is 0 Å². The lowest BCUT2D eigenvalue weighted by Crippen LogP contribution is -2.45. The van der Waals surface area contributed by atoms with Crippen LogP contribution in [0.25, 0.3) is 0 Å². The van der Waals surface area contributed by atoms with Gasteiger partial charge in [-0.25, -0.2) is 0 Å². The molecule has 0 aliphatic carbocycles. The first-order chi connectivity index (χ1) is 19.2. The molecule has 0 aromatic carbocycles. The summed E-state index contributed by atoms with van der Waals surface area (Å²) in [6.45, 7) is 4.33. The molecule has 0 rings (SSSR count). The van der Waals surface area contributed by atoms with E-state index >= 15 is 0 Å². The standard InChI is InChI=1S/C35H69NO3/c1-3-5-7-9-11-13-15-17-18-19-20-22-24-26-28-30-34(38)33(32-37)36-35(39)31-29-27-25-23-21-16-14-12-10-8-6-4-2/h20,22,33-34,37-38H,3-19,21,23-32H2,1-2H3,(H,36,39)/b22-20+/t33-,34+/m0/s1. The van der Waals surface area contributed by atoms with E-state index in [1.807, 2.05) is 0 Å². The predicted octanol–water partition coefficient (Wildman–Crippen LogP) is 9.95. The first kappa shape index (κ1) is 38.1. The van der Waals surface area contributed by atoms with Gasteiger partial charge in [0.1, 0.15) is 0 Å². The molecule has 0 saturated carbocycles. The highest BCUT2D eigenvalue weighted by atomic mass is 16.3. The lowest BCUT2D eigenvalue weighted by molar-refractivity contribution is -0.123. The summed E-state index contributed by atoms with van der Waals surface area (Å²) in [5.41, 5.74) is 0. The Balaban J connectivity index is 3.60. The van der Waals surface area contributed by atoms with E-state index in [1.54, 1.807) is 0 Å². The number of hydrogen-bond donors (Lipinski definition) is 3. The Labute approximate surface area is 244 Å². The highest BCUT2D eigenvalue weighted by molar-refractivity contribution is 5.76. The number of hydrogen-bond acceptors (Lipinski definition) is 3. The van der Waals surface area contributed by atoms with E-state index in [9.17, 15) is 15.0 Å². The number of aliphatic hydroxyl groups excluding tert-OH is 2. The van der Waals surface area contributed by atoms with Crippen LogP contribution in [0.4, 0.5) is 0 Å². The summed E-state index contributed by atoms with van der Waals surface area (Å²) in [5, 5.41) is 23.0. The van der Waals surface area contributed by atoms with Crippen molar-refractivity contribution in [1.29, 1.82) is 0 Å². The zero-order valence-electron chi connectivity index (χ0n) is 26.4. The summed E-state index contributed by atoms with van der Waals surface area (Å²) in [5.74, 6) is -0.0420. The number of amides is 1. The largest absolute Gasteiger partial charge is 0.394 e. The van der Waals surface area contributed by atoms with Crippen LogP contribution >= 0.6 is 0 Å². The van der Waals surface area contributed by atoms with E-state index < -0.39 is 12.1 Å². The van der Waals surface area contributed by atoms with E-state index in [2.05, 4.69) is 31.3 Å². The van der Waals surface area contributed by atoms with Crippen molar-refractivity contribution in [3.05, 3.63) is 12.2 Å². The van der Waals surface area contributed by atoms with Crippen LogP contribution in [-0.4, -0.2) is 34.9 Å². The maximum absolute atomic E-state index is 12.3. The maximum atomic E-state index is 12.3. The summed E-state index contributed by atoms with van der Waals surface area (Å²) in [7, 11) is 0. The first-order valence-corrected chi connectivity index (χ1v) is 17.4. The second-order valence-corrected chi connectivity index (χ2v) is 11.9. The van der Waals surface area contributed by atoms with Gasteiger partial charge >= 0.3 is 0 Å². The van der Waals surface area contributed by atoms with E-state index in [0.29, 0.717) is 12.8 Å². The molecule has 2 atom stereocenters. The number of nitrogens with one attached hydrogen (secondary N) is 1. The van der Waals surface area contributed by atoms with Gasteiger partial charge in [0.15, 0.2) is 0 Å². The number of carbonyl (C=O) groups is 1. The van der Waals surface area contributed by atoms with Crippen LogP contribution in [0, 0.1) is 0 Å². The minimum Gasteiger partial charge on any atom is -0.394 e. The number of rotatable bonds is 31. The molecule has 0 spiro atoms. The van der Waals surface area contributed by atoms with Crippen molar-refractivity contribution < 1.29 is 15.0 Å². The second kappa shape index (κ2) is 31.7. The zero-order chi connectivity index (χ0) is 28.7. The summed E-state index contributed by atoms with van der Waals surface area (Å²) in [6.07, 6.45) is 36.9. The SMILES string of the molecule is CCCCCCCCCCC/C=C/CCCC[C@@H](O)[C@H](CO)NC(=O)CCCCCCCCCCCCCC. The molecular formula is C35H69NO3. The van der Waals surface area contributed by atoms with Crippen LogP contribution in [-0.2, 0) is 4.79 Å². The molecule has 0 aliphatic heterocycles. The molecule has 0 aromatic heterocycles. The third-order valence-electron chi connectivity index (χ3n) is 8.03. The Bertz CT molecular complexity index is 522. The Morgan fingerprint density at radius 3 is 1.41 bits per heavy atom. The molecule has 3 N–H and O–H groups in total. The Morgan fingerprint density at radius 2 is 0.974 bits per heavy atom. The summed E-state index contributed by atoms with van der Waals surface area (Å²) < 4.78 is 0. The molecule has 0 aromatic rings. The van der Waals surface area contributed by atoms with Gasteiger partial charge in [-0.15, -0.1) is 0 Å². The van der Waals surface area contributed by atoms with Gasteiger partial charge in [0.2, 0.25) is 5.91 Å². The van der Waals surface area contributed by atoms with Crippen molar-refractivity contribution in [1.82, 2.24) is 5.32 Å². The molecule has 4 nitrogen and oxygen atoms in total. The van der Waals surface area contributed by atoms with Crippen LogP contribution in [0.15, 0.2) is 12.2 Å². The minimum absolute atomic E-state index is 0.0420. The number of unbranched alkanes of at least 4 members (excludes halogenated alkanes) is 22. The lowest BCUT2D eigenvalue weighted by Gasteiger charge is -2.22. The van der Waals surface area contributed by atoms with Crippen molar-refractivity contribution in [2.75, 3.05) is 6.61 Å². The van der Waals surface area contributed by atoms with Crippen molar-refractivity contribution in [3.63, 3.8) is 0 Å². The highest BCUT2D eigenvalue weighted by Crippen LogP contribution is 2.14. The third kappa shape index (κ3) is 28.5. The van der Waals surface area contributed by atoms with Gasteiger partial charge in [0.05, 0.1) is 18.8 Å². The monoisotopic (exact) mass is 552 g/mol. The van der Waals surface area contributed by atoms with Crippen LogP contribution in [0.3, 0.4) is 0 Å². The zero-order valence-corrected chi connectivity index (χ0v) is 26.4. The van der Waals surface area contributed by atoms with Gasteiger partial charge in [-0.3, -0.25) is 4.79 Å². The van der Waals surface area contributed by atoms with Gasteiger partial charge in [0.25, 0.3) is 0 Å². The number of carbonyl (C=O) groups excluding carboxylic acids is 1. The normalized spacial score (nSPS) is 13.2. The van der Waals surface area contributed by atoms with Gasteiger partial charge in [-0.2, -0.15) is 0 Å². The fourth-order valence-electron chi connectivity index (χ4n) is 5.29. The van der Waals surface area contributed by atoms with E-state index in [-0.39, 0.29) is 12.5 Å². The van der Waals surface area contributed by atoms with Crippen LogP contribution in [0.5, 0.6) is 0 Å². The molecule has 0 unspecified atom stereocenters. The molecular weight excluding hydrogens is 482 g/mol. The van der Waals surface area contributed by atoms with Gasteiger partial charge in [-0.05, 0) is 38.5 Å². The quantitative estimate of drug-likeness (QED) is 0.0593. The fourth-order valence-corrected chi connectivity index (χ4v) is 5.29. The Morgan fingerprint density at radius 1 is 0.590 bits per heavy atom. The molecule has 0 heterocycles. The number of allylic oxidation sites excluding steroid dienone is 2. The molecule has 0 bridgehead atoms. The highest BCUT2D eigenvalue weighted by Gasteiger charge is 2.19. The van der Waals surface area contributed by atoms with Crippen LogP contribution in [0.2, 0.25) is 0 Å². The summed E-state index contributed by atoms with van der Waals surface area (Å²) in [4.78, 5) is 12.3. The maximum Gasteiger partial charge on any atom is 0.220 e. The minimum atomic E-state index is -0.674. The van der Waals surface area contributed by atoms with Gasteiger partial charge in [0, 0.05) is 6.42 Å². The average molecular weight is 552 g/mol. The molecule has 4 heteroatoms. The Kier molecular flexibility index (Phi) is 30.9. The van der Waals surface area contributed by atoms with Gasteiger partial charge in [-0.1, -0.05) is 154 Å². The average Bonchev–Trinajstić information content (AvgIpc) is 2.94. The van der Waals surface area contributed by atoms with Crippen molar-refractivity contribution in [2.45, 2.75) is 199 Å². The summed E-state index contributed by atoms with van der Waals surface area (Å²) in [6, 6.07) is -0.544. The molecule has 39 heavy (non-hydrogen) atoms. The number of aliphatic hydroxyl groups is 2. The third-order valence-corrected chi connectivity index (χ3v) is 8.03. The first-order valence-electron chi connectivity index (χ1n) is 17.4. The Hall–Kier alpha value is -0.870. The predicted molar refractivity (Wildman–Crippen MR) is 170 cm³/mol. The van der Waals surface area contributed by atoms with Crippen molar-refractivity contribution in [2.24, 2.45) is 0 Å². The van der Waals surface area contributed by atoms with Crippen LogP contribution in [0.1, 0.15) is 187 Å². The van der Waals surface area contributed by atoms with Gasteiger partial charge < -0.3 is 15.5 Å². The van der Waals surface area contributed by atoms with Crippen molar-refractivity contribution >= 4 is 5.91 Å². The van der Waals surface area contributed by atoms with E-state index in [1.165, 1.54) is 128 Å². The molecule has 232 valence electrons. The molecule has 1 amide bonds.